The number of aromatic nitrogens is 1. The van der Waals surface area contributed by atoms with Crippen LogP contribution in [0.25, 0.3) is 10.9 Å². The van der Waals surface area contributed by atoms with Gasteiger partial charge in [-0.15, -0.1) is 0 Å². The molecule has 16 heavy (non-hydrogen) atoms. The minimum Gasteiger partial charge on any atom is -0.358 e. The minimum atomic E-state index is 1.02. The van der Waals surface area contributed by atoms with Gasteiger partial charge in [-0.1, -0.05) is 19.4 Å². The van der Waals surface area contributed by atoms with Gasteiger partial charge < -0.3 is 10.3 Å². The molecule has 0 unspecified atom stereocenters. The number of hydrogen-bond acceptors (Lipinski definition) is 1. The van der Waals surface area contributed by atoms with Crippen molar-refractivity contribution >= 4 is 10.9 Å². The second-order valence-electron chi connectivity index (χ2n) is 4.64. The molecule has 3 rings (SSSR count). The van der Waals surface area contributed by atoms with Gasteiger partial charge >= 0.3 is 0 Å². The topological polar surface area (TPSA) is 27.8 Å². The van der Waals surface area contributed by atoms with Gasteiger partial charge in [0.05, 0.1) is 0 Å². The summed E-state index contributed by atoms with van der Waals surface area (Å²) in [4.78, 5) is 3.55. The first kappa shape index (κ1) is 9.91. The van der Waals surface area contributed by atoms with Crippen molar-refractivity contribution in [1.82, 2.24) is 10.3 Å². The first-order chi connectivity index (χ1) is 7.88. The molecule has 0 aliphatic carbocycles. The summed E-state index contributed by atoms with van der Waals surface area (Å²) in [5, 5.41) is 4.87. The smallest absolute Gasteiger partial charge is 0.0459 e. The third kappa shape index (κ3) is 1.54. The molecule has 1 aliphatic heterocycles. The van der Waals surface area contributed by atoms with Gasteiger partial charge in [-0.25, -0.2) is 0 Å². The van der Waals surface area contributed by atoms with Crippen LogP contribution < -0.4 is 5.32 Å². The van der Waals surface area contributed by atoms with Crippen molar-refractivity contribution in [2.75, 3.05) is 6.54 Å². The number of hydrogen-bond donors (Lipinski definition) is 2. The molecule has 2 aromatic rings. The van der Waals surface area contributed by atoms with E-state index in [9.17, 15) is 0 Å². The molecular formula is C14H18N2. The van der Waals surface area contributed by atoms with Crippen molar-refractivity contribution in [3.8, 4) is 0 Å². The maximum absolute atomic E-state index is 3.55. The van der Waals surface area contributed by atoms with E-state index < -0.39 is 0 Å². The lowest BCUT2D eigenvalue weighted by atomic mass is 10.0. The second kappa shape index (κ2) is 3.95. The maximum atomic E-state index is 3.55. The van der Waals surface area contributed by atoms with Crippen LogP contribution in [0.5, 0.6) is 0 Å². The van der Waals surface area contributed by atoms with Gasteiger partial charge in [0.1, 0.15) is 0 Å². The third-order valence-corrected chi connectivity index (χ3v) is 3.45. The second-order valence-corrected chi connectivity index (χ2v) is 4.64. The number of H-pyrrole nitrogens is 1. The molecule has 0 bridgehead atoms. The molecule has 0 spiro atoms. The number of rotatable bonds is 2. The fourth-order valence-electron chi connectivity index (χ4n) is 2.64. The van der Waals surface area contributed by atoms with E-state index in [-0.39, 0.29) is 0 Å². The molecule has 0 atom stereocenters. The van der Waals surface area contributed by atoms with E-state index in [1.54, 1.807) is 0 Å². The van der Waals surface area contributed by atoms with Crippen molar-refractivity contribution in [3.05, 3.63) is 35.0 Å². The van der Waals surface area contributed by atoms with Crippen LogP contribution in [-0.4, -0.2) is 11.5 Å². The van der Waals surface area contributed by atoms with E-state index in [4.69, 9.17) is 0 Å². The lowest BCUT2D eigenvalue weighted by Gasteiger charge is -2.12. The predicted molar refractivity (Wildman–Crippen MR) is 67.7 cm³/mol. The largest absolute Gasteiger partial charge is 0.358 e. The van der Waals surface area contributed by atoms with Crippen LogP contribution in [0.4, 0.5) is 0 Å². The molecule has 2 heteroatoms. The van der Waals surface area contributed by atoms with Crippen LogP contribution in [0.2, 0.25) is 0 Å². The van der Waals surface area contributed by atoms with Gasteiger partial charge in [0.15, 0.2) is 0 Å². The van der Waals surface area contributed by atoms with Crippen molar-refractivity contribution in [2.24, 2.45) is 0 Å². The van der Waals surface area contributed by atoms with E-state index in [1.165, 1.54) is 40.6 Å². The summed E-state index contributed by atoms with van der Waals surface area (Å²) in [7, 11) is 0. The molecule has 0 fully saturated rings. The molecule has 84 valence electrons. The Labute approximate surface area is 96.1 Å². The maximum Gasteiger partial charge on any atom is 0.0459 e. The van der Waals surface area contributed by atoms with Crippen molar-refractivity contribution in [2.45, 2.75) is 32.7 Å². The highest BCUT2D eigenvalue weighted by Gasteiger charge is 2.14. The first-order valence-corrected chi connectivity index (χ1v) is 6.21. The van der Waals surface area contributed by atoms with E-state index in [0.717, 1.165) is 19.5 Å². The summed E-state index contributed by atoms with van der Waals surface area (Å²) in [6, 6.07) is 6.85. The Morgan fingerprint density at radius 1 is 1.31 bits per heavy atom. The zero-order valence-electron chi connectivity index (χ0n) is 9.77. The molecule has 0 amide bonds. The highest BCUT2D eigenvalue weighted by atomic mass is 14.9. The van der Waals surface area contributed by atoms with Crippen molar-refractivity contribution in [1.29, 1.82) is 0 Å². The zero-order valence-corrected chi connectivity index (χ0v) is 9.77. The summed E-state index contributed by atoms with van der Waals surface area (Å²) in [6.07, 6.45) is 3.53. The Morgan fingerprint density at radius 3 is 3.12 bits per heavy atom. The highest BCUT2D eigenvalue weighted by Crippen LogP contribution is 2.26. The van der Waals surface area contributed by atoms with Crippen LogP contribution in [-0.2, 0) is 19.4 Å². The van der Waals surface area contributed by atoms with Gasteiger partial charge in [-0.2, -0.15) is 0 Å². The molecule has 2 N–H and O–H groups in total. The summed E-state index contributed by atoms with van der Waals surface area (Å²) in [6.45, 7) is 4.35. The van der Waals surface area contributed by atoms with E-state index in [2.05, 4.69) is 35.4 Å². The molecule has 2 heterocycles. The average Bonchev–Trinajstić information content (AvgIpc) is 2.68. The normalized spacial score (nSPS) is 15.3. The van der Waals surface area contributed by atoms with Crippen LogP contribution in [0.15, 0.2) is 18.2 Å². The lowest BCUT2D eigenvalue weighted by Crippen LogP contribution is -2.22. The molecule has 1 aromatic carbocycles. The molecule has 2 nitrogen and oxygen atoms in total. The number of aromatic amines is 1. The lowest BCUT2D eigenvalue weighted by molar-refractivity contribution is 0.641. The molecule has 0 saturated heterocycles. The number of fused-ring (bicyclic) bond motifs is 3. The summed E-state index contributed by atoms with van der Waals surface area (Å²) >= 11 is 0. The van der Waals surface area contributed by atoms with Crippen LogP contribution >= 0.6 is 0 Å². The highest BCUT2D eigenvalue weighted by molar-refractivity contribution is 5.85. The zero-order chi connectivity index (χ0) is 11.0. The number of benzene rings is 1. The standard InChI is InChI=1S/C14H18N2/c1-2-3-10-4-5-13-11(8-10)12-9-15-7-6-14(12)16-13/h4-5,8,15-16H,2-3,6-7,9H2,1H3. The van der Waals surface area contributed by atoms with Crippen LogP contribution in [0.3, 0.4) is 0 Å². The van der Waals surface area contributed by atoms with E-state index >= 15 is 0 Å². The fourth-order valence-corrected chi connectivity index (χ4v) is 2.64. The monoisotopic (exact) mass is 214 g/mol. The van der Waals surface area contributed by atoms with E-state index in [0.29, 0.717) is 0 Å². The summed E-state index contributed by atoms with van der Waals surface area (Å²) in [5.74, 6) is 0. The quantitative estimate of drug-likeness (QED) is 0.790. The average molecular weight is 214 g/mol. The van der Waals surface area contributed by atoms with E-state index in [1.807, 2.05) is 0 Å². The molecular weight excluding hydrogens is 196 g/mol. The first-order valence-electron chi connectivity index (χ1n) is 6.21. The number of nitrogens with one attached hydrogen (secondary N) is 2. The minimum absolute atomic E-state index is 1.02. The third-order valence-electron chi connectivity index (χ3n) is 3.45. The van der Waals surface area contributed by atoms with Crippen LogP contribution in [0.1, 0.15) is 30.2 Å². The SMILES string of the molecule is CCCc1ccc2[nH]c3c(c2c1)CNCC3. The van der Waals surface area contributed by atoms with Gasteiger partial charge in [-0.3, -0.25) is 0 Å². The molecule has 1 aromatic heterocycles. The van der Waals surface area contributed by atoms with Gasteiger partial charge in [0, 0.05) is 36.1 Å². The Kier molecular flexibility index (Phi) is 2.44. The summed E-state index contributed by atoms with van der Waals surface area (Å²) < 4.78 is 0. The van der Waals surface area contributed by atoms with Gasteiger partial charge in [-0.05, 0) is 29.7 Å². The summed E-state index contributed by atoms with van der Waals surface area (Å²) in [5.41, 5.74) is 5.68. The number of aryl methyl sites for hydroxylation is 1. The Hall–Kier alpha value is -1.28. The Morgan fingerprint density at radius 2 is 2.25 bits per heavy atom. The molecule has 1 aliphatic rings. The predicted octanol–water partition coefficient (Wildman–Crippen LogP) is 2.77. The van der Waals surface area contributed by atoms with Crippen molar-refractivity contribution < 1.29 is 0 Å². The van der Waals surface area contributed by atoms with Gasteiger partial charge in [0.25, 0.3) is 0 Å². The molecule has 0 radical (unpaired) electrons. The fraction of sp³-hybridized carbons (Fsp3) is 0.429. The Balaban J connectivity index is 2.13. The van der Waals surface area contributed by atoms with Crippen molar-refractivity contribution in [3.63, 3.8) is 0 Å². The van der Waals surface area contributed by atoms with Gasteiger partial charge in [0.2, 0.25) is 0 Å². The molecule has 0 saturated carbocycles. The Bertz CT molecular complexity index is 511. The van der Waals surface area contributed by atoms with Crippen LogP contribution in [0, 0.1) is 0 Å².